The topological polar surface area (TPSA) is 44.9 Å². The zero-order valence-electron chi connectivity index (χ0n) is 10.6. The van der Waals surface area contributed by atoms with Gasteiger partial charge in [-0.2, -0.15) is 13.2 Å². The van der Waals surface area contributed by atoms with E-state index in [1.165, 1.54) is 12.5 Å². The van der Waals surface area contributed by atoms with E-state index in [9.17, 15) is 18.0 Å². The van der Waals surface area contributed by atoms with Gasteiger partial charge in [0.15, 0.2) is 0 Å². The molecule has 2 aromatic rings. The van der Waals surface area contributed by atoms with E-state index in [4.69, 9.17) is 0 Å². The van der Waals surface area contributed by atoms with Gasteiger partial charge in [0, 0.05) is 23.2 Å². The van der Waals surface area contributed by atoms with Crippen molar-refractivity contribution in [2.24, 2.45) is 0 Å². The second kappa shape index (κ2) is 4.54. The molecule has 3 rings (SSSR count). The first kappa shape index (κ1) is 13.0. The lowest BCUT2D eigenvalue weighted by Gasteiger charge is -2.27. The minimum Gasteiger partial charge on any atom is -0.382 e. The molecule has 3 nitrogen and oxygen atoms in total. The number of rotatable bonds is 2. The molecule has 106 valence electrons. The van der Waals surface area contributed by atoms with Crippen LogP contribution in [0.3, 0.4) is 0 Å². The number of anilines is 1. The molecule has 2 N–H and O–H groups in total. The first-order valence-electron chi connectivity index (χ1n) is 6.44. The van der Waals surface area contributed by atoms with E-state index in [1.54, 1.807) is 12.1 Å². The number of H-pyrrole nitrogens is 1. The van der Waals surface area contributed by atoms with Gasteiger partial charge >= 0.3 is 6.18 Å². The molecule has 0 bridgehead atoms. The Bertz CT molecular complexity index is 702. The van der Waals surface area contributed by atoms with Crippen molar-refractivity contribution in [1.82, 2.24) is 4.98 Å². The van der Waals surface area contributed by atoms with Crippen molar-refractivity contribution < 1.29 is 13.2 Å². The molecular formula is C14H13F3N2O. The van der Waals surface area contributed by atoms with Crippen LogP contribution in [0.25, 0.3) is 10.9 Å². The van der Waals surface area contributed by atoms with Gasteiger partial charge in [0.05, 0.1) is 11.1 Å². The average Bonchev–Trinajstić information content (AvgIpc) is 2.31. The van der Waals surface area contributed by atoms with Crippen LogP contribution in [-0.2, 0) is 6.18 Å². The van der Waals surface area contributed by atoms with E-state index in [2.05, 4.69) is 10.3 Å². The number of alkyl halides is 3. The molecule has 0 aliphatic heterocycles. The second-order valence-electron chi connectivity index (χ2n) is 5.08. The zero-order chi connectivity index (χ0) is 14.3. The van der Waals surface area contributed by atoms with Gasteiger partial charge in [0.25, 0.3) is 0 Å². The first-order chi connectivity index (χ1) is 9.43. The summed E-state index contributed by atoms with van der Waals surface area (Å²) in [6.07, 6.45) is -1.23. The lowest BCUT2D eigenvalue weighted by molar-refractivity contribution is -0.136. The van der Waals surface area contributed by atoms with E-state index in [0.29, 0.717) is 12.1 Å². The Kier molecular flexibility index (Phi) is 2.96. The summed E-state index contributed by atoms with van der Waals surface area (Å²) < 4.78 is 38.7. The van der Waals surface area contributed by atoms with Crippen molar-refractivity contribution in [1.29, 1.82) is 0 Å². The molecule has 0 saturated heterocycles. The van der Waals surface area contributed by atoms with Gasteiger partial charge in [-0.3, -0.25) is 4.79 Å². The molecule has 0 amide bonds. The summed E-state index contributed by atoms with van der Waals surface area (Å²) in [5.41, 5.74) is -0.705. The monoisotopic (exact) mass is 282 g/mol. The Morgan fingerprint density at radius 2 is 1.95 bits per heavy atom. The minimum atomic E-state index is -4.53. The zero-order valence-corrected chi connectivity index (χ0v) is 10.6. The SMILES string of the molecule is O=c1cc(C(F)(F)F)c2ccc(NC3CCC3)cc2[nH]1. The normalized spacial score (nSPS) is 16.1. The van der Waals surface area contributed by atoms with Gasteiger partial charge in [-0.05, 0) is 31.4 Å². The highest BCUT2D eigenvalue weighted by Gasteiger charge is 2.33. The molecule has 0 atom stereocenters. The van der Waals surface area contributed by atoms with Crippen LogP contribution in [-0.4, -0.2) is 11.0 Å². The fourth-order valence-electron chi connectivity index (χ4n) is 2.37. The summed E-state index contributed by atoms with van der Waals surface area (Å²) in [7, 11) is 0. The number of aromatic amines is 1. The second-order valence-corrected chi connectivity index (χ2v) is 5.08. The smallest absolute Gasteiger partial charge is 0.382 e. The minimum absolute atomic E-state index is 0.0104. The van der Waals surface area contributed by atoms with Gasteiger partial charge in [-0.15, -0.1) is 0 Å². The molecule has 0 spiro atoms. The summed E-state index contributed by atoms with van der Waals surface area (Å²) in [6.45, 7) is 0. The van der Waals surface area contributed by atoms with Crippen LogP contribution >= 0.6 is 0 Å². The predicted molar refractivity (Wildman–Crippen MR) is 70.8 cm³/mol. The highest BCUT2D eigenvalue weighted by molar-refractivity contribution is 5.85. The standard InChI is InChI=1S/C14H13F3N2O/c15-14(16,17)11-7-13(20)19-12-6-9(4-5-10(11)12)18-8-2-1-3-8/h4-8,18H,1-3H2,(H,19,20). The van der Waals surface area contributed by atoms with Crippen molar-refractivity contribution in [3.05, 3.63) is 40.2 Å². The number of hydrogen-bond donors (Lipinski definition) is 2. The Labute approximate surface area is 112 Å². The fraction of sp³-hybridized carbons (Fsp3) is 0.357. The van der Waals surface area contributed by atoms with E-state index in [-0.39, 0.29) is 10.9 Å². The molecule has 6 heteroatoms. The number of benzene rings is 1. The predicted octanol–water partition coefficient (Wildman–Crippen LogP) is 3.51. The summed E-state index contributed by atoms with van der Waals surface area (Å²) in [5.74, 6) is 0. The quantitative estimate of drug-likeness (QED) is 0.885. The molecule has 1 saturated carbocycles. The van der Waals surface area contributed by atoms with Gasteiger partial charge in [-0.25, -0.2) is 0 Å². The number of aromatic nitrogens is 1. The van der Waals surface area contributed by atoms with E-state index in [1.807, 2.05) is 0 Å². The van der Waals surface area contributed by atoms with E-state index >= 15 is 0 Å². The molecular weight excluding hydrogens is 269 g/mol. The van der Waals surface area contributed by atoms with Crippen LogP contribution in [0.1, 0.15) is 24.8 Å². The third-order valence-corrected chi connectivity index (χ3v) is 3.62. The molecule has 1 aromatic heterocycles. The summed E-state index contributed by atoms with van der Waals surface area (Å²) in [4.78, 5) is 13.8. The van der Waals surface area contributed by atoms with E-state index in [0.717, 1.165) is 18.5 Å². The maximum absolute atomic E-state index is 12.9. The number of halogens is 3. The third-order valence-electron chi connectivity index (χ3n) is 3.62. The lowest BCUT2D eigenvalue weighted by Crippen LogP contribution is -2.26. The van der Waals surface area contributed by atoms with Crippen molar-refractivity contribution in [2.45, 2.75) is 31.5 Å². The summed E-state index contributed by atoms with van der Waals surface area (Å²) >= 11 is 0. The molecule has 1 aromatic carbocycles. The number of fused-ring (bicyclic) bond motifs is 1. The molecule has 1 heterocycles. The Morgan fingerprint density at radius 1 is 1.20 bits per heavy atom. The highest BCUT2D eigenvalue weighted by Crippen LogP contribution is 2.34. The Morgan fingerprint density at radius 3 is 2.55 bits per heavy atom. The number of nitrogens with one attached hydrogen (secondary N) is 2. The van der Waals surface area contributed by atoms with Crippen molar-refractivity contribution in [3.8, 4) is 0 Å². The van der Waals surface area contributed by atoms with E-state index < -0.39 is 17.3 Å². The molecule has 1 aliphatic rings. The lowest BCUT2D eigenvalue weighted by atomic mass is 9.93. The van der Waals surface area contributed by atoms with Gasteiger partial charge in [-0.1, -0.05) is 6.07 Å². The first-order valence-corrected chi connectivity index (χ1v) is 6.44. The Balaban J connectivity index is 2.07. The number of hydrogen-bond acceptors (Lipinski definition) is 2. The highest BCUT2D eigenvalue weighted by atomic mass is 19.4. The van der Waals surface area contributed by atoms with Crippen molar-refractivity contribution in [2.75, 3.05) is 5.32 Å². The molecule has 1 fully saturated rings. The Hall–Kier alpha value is -1.98. The fourth-order valence-corrected chi connectivity index (χ4v) is 2.37. The van der Waals surface area contributed by atoms with Crippen LogP contribution in [0.2, 0.25) is 0 Å². The van der Waals surface area contributed by atoms with Gasteiger partial charge < -0.3 is 10.3 Å². The largest absolute Gasteiger partial charge is 0.417 e. The van der Waals surface area contributed by atoms with Crippen LogP contribution < -0.4 is 10.9 Å². The maximum Gasteiger partial charge on any atom is 0.417 e. The molecule has 0 radical (unpaired) electrons. The third kappa shape index (κ3) is 2.37. The van der Waals surface area contributed by atoms with Crippen molar-refractivity contribution in [3.63, 3.8) is 0 Å². The van der Waals surface area contributed by atoms with Crippen molar-refractivity contribution >= 4 is 16.6 Å². The average molecular weight is 282 g/mol. The summed E-state index contributed by atoms with van der Waals surface area (Å²) in [5, 5.41) is 3.26. The summed E-state index contributed by atoms with van der Waals surface area (Å²) in [6, 6.07) is 5.56. The molecule has 1 aliphatic carbocycles. The molecule has 20 heavy (non-hydrogen) atoms. The van der Waals surface area contributed by atoms with Gasteiger partial charge in [0.2, 0.25) is 5.56 Å². The van der Waals surface area contributed by atoms with Gasteiger partial charge in [0.1, 0.15) is 0 Å². The maximum atomic E-state index is 12.9. The van der Waals surface area contributed by atoms with Crippen LogP contribution in [0.5, 0.6) is 0 Å². The number of pyridine rings is 1. The van der Waals surface area contributed by atoms with Crippen LogP contribution in [0, 0.1) is 0 Å². The van der Waals surface area contributed by atoms with Crippen LogP contribution in [0.4, 0.5) is 18.9 Å². The molecule has 0 unspecified atom stereocenters. The van der Waals surface area contributed by atoms with Crippen LogP contribution in [0.15, 0.2) is 29.1 Å².